The van der Waals surface area contributed by atoms with Crippen molar-refractivity contribution in [2.24, 2.45) is 0 Å². The van der Waals surface area contributed by atoms with Crippen molar-refractivity contribution in [1.82, 2.24) is 14.5 Å². The molecule has 8 nitrogen and oxygen atoms in total. The number of thiophene rings is 1. The van der Waals surface area contributed by atoms with Gasteiger partial charge in [-0.05, 0) is 49.7 Å². The first-order valence-corrected chi connectivity index (χ1v) is 13.8. The summed E-state index contributed by atoms with van der Waals surface area (Å²) in [7, 11) is 0. The number of hydrogen-bond donors (Lipinski definition) is 1. The maximum absolute atomic E-state index is 13.3. The molecular formula is C29H20ClF3N4O4S. The highest BCUT2D eigenvalue weighted by atomic mass is 35.5. The molecule has 3 aromatic heterocycles. The molecule has 0 amide bonds. The van der Waals surface area contributed by atoms with Crippen LogP contribution in [0.1, 0.15) is 39.9 Å². The molecule has 0 spiro atoms. The van der Waals surface area contributed by atoms with Crippen molar-refractivity contribution in [2.45, 2.75) is 33.0 Å². The van der Waals surface area contributed by atoms with Gasteiger partial charge in [0.1, 0.15) is 24.3 Å². The minimum Gasteiger partial charge on any atom is -0.491 e. The second-order valence-corrected chi connectivity index (χ2v) is 10.6. The summed E-state index contributed by atoms with van der Waals surface area (Å²) in [6.45, 7) is 3.33. The van der Waals surface area contributed by atoms with Crippen LogP contribution in [0, 0.1) is 18.3 Å². The van der Waals surface area contributed by atoms with Gasteiger partial charge in [-0.25, -0.2) is 9.78 Å². The van der Waals surface area contributed by atoms with E-state index in [2.05, 4.69) is 9.97 Å². The van der Waals surface area contributed by atoms with E-state index in [9.17, 15) is 33.1 Å². The van der Waals surface area contributed by atoms with Crippen LogP contribution < -0.4 is 10.3 Å². The van der Waals surface area contributed by atoms with Gasteiger partial charge in [0, 0.05) is 27.2 Å². The summed E-state index contributed by atoms with van der Waals surface area (Å²) in [5, 5.41) is 20.9. The van der Waals surface area contributed by atoms with Gasteiger partial charge >= 0.3 is 12.1 Å². The average molecular weight is 613 g/mol. The lowest BCUT2D eigenvalue weighted by molar-refractivity contribution is -0.137. The number of pyridine rings is 1. The normalized spacial score (nSPS) is 11.6. The number of halogens is 4. The summed E-state index contributed by atoms with van der Waals surface area (Å²) < 4.78 is 47.9. The quantitative estimate of drug-likeness (QED) is 0.213. The molecule has 1 N–H and O–H groups in total. The predicted octanol–water partition coefficient (Wildman–Crippen LogP) is 6.87. The van der Waals surface area contributed by atoms with Crippen LogP contribution in [0.25, 0.3) is 32.2 Å². The smallest absolute Gasteiger partial charge is 0.416 e. The molecule has 0 bridgehead atoms. The fourth-order valence-electron chi connectivity index (χ4n) is 4.65. The Labute approximate surface area is 245 Å². The molecule has 0 atom stereocenters. The van der Waals surface area contributed by atoms with Crippen LogP contribution in [0.4, 0.5) is 13.2 Å². The molecular weight excluding hydrogens is 593 g/mol. The minimum absolute atomic E-state index is 0.0182. The van der Waals surface area contributed by atoms with Gasteiger partial charge in [0.05, 0.1) is 44.4 Å². The van der Waals surface area contributed by atoms with Gasteiger partial charge < -0.3 is 9.84 Å². The fraction of sp³-hybridized carbons (Fsp3) is 0.207. The number of hydrogen-bond acceptors (Lipinski definition) is 7. The first-order chi connectivity index (χ1) is 19.9. The van der Waals surface area contributed by atoms with Crippen molar-refractivity contribution < 1.29 is 27.8 Å². The van der Waals surface area contributed by atoms with E-state index < -0.39 is 28.8 Å². The monoisotopic (exact) mass is 612 g/mol. The third-order valence-corrected chi connectivity index (χ3v) is 7.91. The summed E-state index contributed by atoms with van der Waals surface area (Å²) in [4.78, 5) is 33.8. The van der Waals surface area contributed by atoms with Gasteiger partial charge in [0.15, 0.2) is 0 Å². The highest BCUT2D eigenvalue weighted by Crippen LogP contribution is 2.40. The molecule has 2 aromatic carbocycles. The van der Waals surface area contributed by atoms with E-state index in [1.807, 2.05) is 13.0 Å². The molecule has 0 aliphatic rings. The number of rotatable bonds is 7. The van der Waals surface area contributed by atoms with E-state index in [1.54, 1.807) is 24.3 Å². The third kappa shape index (κ3) is 5.29. The van der Waals surface area contributed by atoms with Crippen LogP contribution in [-0.4, -0.2) is 32.2 Å². The van der Waals surface area contributed by atoms with Crippen molar-refractivity contribution >= 4 is 50.0 Å². The van der Waals surface area contributed by atoms with Gasteiger partial charge in [0.25, 0.3) is 5.56 Å². The summed E-state index contributed by atoms with van der Waals surface area (Å²) >= 11 is 7.57. The minimum atomic E-state index is -4.70. The number of nitriles is 1. The van der Waals surface area contributed by atoms with E-state index in [0.717, 1.165) is 6.07 Å². The zero-order valence-corrected chi connectivity index (χ0v) is 23.6. The number of ether oxygens (including phenoxy) is 1. The summed E-state index contributed by atoms with van der Waals surface area (Å²) in [5.41, 5.74) is 0.0481. The van der Waals surface area contributed by atoms with E-state index in [4.69, 9.17) is 16.3 Å². The van der Waals surface area contributed by atoms with Crippen LogP contribution in [0.3, 0.4) is 0 Å². The Hall–Kier alpha value is -4.47. The Morgan fingerprint density at radius 2 is 1.95 bits per heavy atom. The first kappa shape index (κ1) is 29.0. The van der Waals surface area contributed by atoms with Crippen LogP contribution in [-0.2, 0) is 19.1 Å². The Bertz CT molecular complexity index is 2000. The van der Waals surface area contributed by atoms with Crippen LogP contribution in [0.15, 0.2) is 46.6 Å². The van der Waals surface area contributed by atoms with Gasteiger partial charge in [-0.15, -0.1) is 11.3 Å². The molecule has 5 aromatic rings. The molecule has 0 fully saturated rings. The maximum atomic E-state index is 13.3. The Kier molecular flexibility index (Phi) is 7.66. The molecule has 42 heavy (non-hydrogen) atoms. The summed E-state index contributed by atoms with van der Waals surface area (Å²) in [6.07, 6.45) is -4.15. The van der Waals surface area contributed by atoms with Crippen molar-refractivity contribution in [2.75, 3.05) is 6.61 Å². The van der Waals surface area contributed by atoms with Gasteiger partial charge in [-0.2, -0.15) is 18.4 Å². The Balaban J connectivity index is 1.52. The standard InChI is InChI=1S/C29H20ClF3N4O4S/c1-3-18-11-20(26-25(36-18)21(13-42-26)28(39)40)19-10-17(30)4-5-23(19)41-7-6-37-14(2)35-22-9-16(29(31,32)33)8-15(12-34)24(22)27(37)38/h4-5,8-11,13H,3,6-7H2,1-2H3,(H,39,40). The number of carboxylic acids is 1. The number of aryl methyl sites for hydroxylation is 2. The second kappa shape index (κ2) is 11.1. The molecule has 0 saturated carbocycles. The number of carboxylic acid groups (broad SMARTS) is 1. The van der Waals surface area contributed by atoms with Crippen LogP contribution in [0.2, 0.25) is 5.02 Å². The Morgan fingerprint density at radius 3 is 2.62 bits per heavy atom. The average Bonchev–Trinajstić information content (AvgIpc) is 3.38. The highest BCUT2D eigenvalue weighted by Gasteiger charge is 2.32. The first-order valence-electron chi connectivity index (χ1n) is 12.5. The number of alkyl halides is 3. The van der Waals surface area contributed by atoms with E-state index in [0.29, 0.717) is 50.3 Å². The molecule has 5 rings (SSSR count). The van der Waals surface area contributed by atoms with Crippen molar-refractivity contribution in [3.05, 3.63) is 85.4 Å². The number of aromatic carboxylic acids is 1. The zero-order valence-electron chi connectivity index (χ0n) is 22.0. The topological polar surface area (TPSA) is 118 Å². The largest absolute Gasteiger partial charge is 0.491 e. The lowest BCUT2D eigenvalue weighted by Gasteiger charge is -2.16. The van der Waals surface area contributed by atoms with Gasteiger partial charge in [0.2, 0.25) is 0 Å². The van der Waals surface area contributed by atoms with E-state index in [1.165, 1.54) is 28.2 Å². The second-order valence-electron chi connectivity index (χ2n) is 9.28. The molecule has 13 heteroatoms. The van der Waals surface area contributed by atoms with Crippen LogP contribution >= 0.6 is 22.9 Å². The highest BCUT2D eigenvalue weighted by molar-refractivity contribution is 7.18. The molecule has 0 aliphatic carbocycles. The van der Waals surface area contributed by atoms with E-state index >= 15 is 0 Å². The van der Waals surface area contributed by atoms with E-state index in [-0.39, 0.29) is 35.4 Å². The number of aromatic nitrogens is 3. The number of fused-ring (bicyclic) bond motifs is 2. The SMILES string of the molecule is CCc1cc(-c2cc(Cl)ccc2OCCn2c(C)nc3cc(C(F)(F)F)cc(C#N)c3c2=O)c2scc(C(=O)O)c2n1. The van der Waals surface area contributed by atoms with Crippen molar-refractivity contribution in [3.63, 3.8) is 0 Å². The van der Waals surface area contributed by atoms with Crippen molar-refractivity contribution in [1.29, 1.82) is 5.26 Å². The third-order valence-electron chi connectivity index (χ3n) is 6.67. The lowest BCUT2D eigenvalue weighted by Crippen LogP contribution is -2.27. The molecule has 214 valence electrons. The summed E-state index contributed by atoms with van der Waals surface area (Å²) in [5.74, 6) is -0.528. The fourth-order valence-corrected chi connectivity index (χ4v) is 5.84. The molecule has 0 aliphatic heterocycles. The maximum Gasteiger partial charge on any atom is 0.416 e. The molecule has 0 unspecified atom stereocenters. The predicted molar refractivity (Wildman–Crippen MR) is 152 cm³/mol. The lowest BCUT2D eigenvalue weighted by atomic mass is 10.0. The number of carbonyl (C=O) groups is 1. The van der Waals surface area contributed by atoms with Gasteiger partial charge in [-0.3, -0.25) is 14.3 Å². The molecule has 3 heterocycles. The van der Waals surface area contributed by atoms with Gasteiger partial charge in [-0.1, -0.05) is 18.5 Å². The number of benzene rings is 2. The number of nitrogens with zero attached hydrogens (tertiary/aromatic N) is 4. The Morgan fingerprint density at radius 1 is 1.19 bits per heavy atom. The van der Waals surface area contributed by atoms with Crippen molar-refractivity contribution in [3.8, 4) is 22.9 Å². The zero-order chi connectivity index (χ0) is 30.3. The summed E-state index contributed by atoms with van der Waals surface area (Å²) in [6, 6.07) is 9.90. The molecule has 0 saturated heterocycles. The van der Waals surface area contributed by atoms with Crippen LogP contribution in [0.5, 0.6) is 5.75 Å². The molecule has 0 radical (unpaired) electrons.